The van der Waals surface area contributed by atoms with Gasteiger partial charge in [0.1, 0.15) is 0 Å². The molecule has 0 aliphatic carbocycles. The van der Waals surface area contributed by atoms with Gasteiger partial charge in [0.15, 0.2) is 0 Å². The first-order valence-corrected chi connectivity index (χ1v) is 6.20. The van der Waals surface area contributed by atoms with Crippen LogP contribution in [0.2, 0.25) is 0 Å². The van der Waals surface area contributed by atoms with Crippen LogP contribution in [0.5, 0.6) is 0 Å². The molecule has 1 aliphatic rings. The van der Waals surface area contributed by atoms with E-state index in [1.165, 1.54) is 51.9 Å². The second kappa shape index (κ2) is 7.24. The van der Waals surface area contributed by atoms with Gasteiger partial charge in [-0.25, -0.2) is 0 Å². The van der Waals surface area contributed by atoms with E-state index < -0.39 is 0 Å². The second-order valence-electron chi connectivity index (χ2n) is 4.93. The fraction of sp³-hybridized carbons (Fsp3) is 1.00. The maximum atomic E-state index is 3.54. The molecule has 0 bridgehead atoms. The van der Waals surface area contributed by atoms with Crippen molar-refractivity contribution in [2.24, 2.45) is 11.8 Å². The van der Waals surface area contributed by atoms with Crippen molar-refractivity contribution in [3.8, 4) is 0 Å². The highest BCUT2D eigenvalue weighted by atomic mass is 14.9. The molecule has 0 spiro atoms. The molecular formula is C12H26N2. The molecule has 0 radical (unpaired) electrons. The predicted molar refractivity (Wildman–Crippen MR) is 62.5 cm³/mol. The Labute approximate surface area is 88.8 Å². The number of nitrogens with one attached hydrogen (secondary N) is 2. The molecule has 1 heterocycles. The van der Waals surface area contributed by atoms with Crippen molar-refractivity contribution in [1.29, 1.82) is 0 Å². The molecule has 14 heavy (non-hydrogen) atoms. The van der Waals surface area contributed by atoms with Crippen LogP contribution in [0.1, 0.15) is 39.5 Å². The molecule has 0 aromatic carbocycles. The molecule has 2 heteroatoms. The number of hydrogen-bond donors (Lipinski definition) is 2. The van der Waals surface area contributed by atoms with Crippen molar-refractivity contribution in [3.05, 3.63) is 0 Å². The third-order valence-electron chi connectivity index (χ3n) is 3.03. The van der Waals surface area contributed by atoms with E-state index in [0.717, 1.165) is 11.8 Å². The third kappa shape index (κ3) is 5.61. The summed E-state index contributed by atoms with van der Waals surface area (Å²) in [6.07, 6.45) is 5.46. The minimum absolute atomic E-state index is 0.832. The van der Waals surface area contributed by atoms with Gasteiger partial charge in [-0.15, -0.1) is 0 Å². The zero-order valence-electron chi connectivity index (χ0n) is 9.81. The highest BCUT2D eigenvalue weighted by Crippen LogP contribution is 2.12. The third-order valence-corrected chi connectivity index (χ3v) is 3.03. The zero-order valence-corrected chi connectivity index (χ0v) is 9.81. The van der Waals surface area contributed by atoms with Gasteiger partial charge in [0.2, 0.25) is 0 Å². The summed E-state index contributed by atoms with van der Waals surface area (Å²) in [7, 11) is 0. The van der Waals surface area contributed by atoms with Crippen LogP contribution in [0.3, 0.4) is 0 Å². The van der Waals surface area contributed by atoms with Crippen LogP contribution in [0.4, 0.5) is 0 Å². The Bertz CT molecular complexity index is 128. The molecule has 2 N–H and O–H groups in total. The Morgan fingerprint density at radius 1 is 1.36 bits per heavy atom. The normalized spacial score (nSPS) is 22.9. The summed E-state index contributed by atoms with van der Waals surface area (Å²) in [5, 5.41) is 7.00. The van der Waals surface area contributed by atoms with E-state index in [-0.39, 0.29) is 0 Å². The standard InChI is InChI=1S/C12H26N2/c1-11(2)5-8-13-9-6-12-4-3-7-14-10-12/h11-14H,3-10H2,1-2H3. The Morgan fingerprint density at radius 3 is 2.86 bits per heavy atom. The first-order chi connectivity index (χ1) is 6.79. The maximum Gasteiger partial charge on any atom is -0.00200 e. The van der Waals surface area contributed by atoms with Crippen LogP contribution in [-0.4, -0.2) is 26.2 Å². The van der Waals surface area contributed by atoms with Crippen molar-refractivity contribution < 1.29 is 0 Å². The van der Waals surface area contributed by atoms with Crippen molar-refractivity contribution in [2.45, 2.75) is 39.5 Å². The molecule has 1 rings (SSSR count). The van der Waals surface area contributed by atoms with Gasteiger partial charge in [-0.05, 0) is 63.7 Å². The molecule has 0 saturated carbocycles. The van der Waals surface area contributed by atoms with Crippen LogP contribution in [0.15, 0.2) is 0 Å². The fourth-order valence-electron chi connectivity index (χ4n) is 1.99. The van der Waals surface area contributed by atoms with Gasteiger partial charge in [-0.1, -0.05) is 13.8 Å². The summed E-state index contributed by atoms with van der Waals surface area (Å²) in [6, 6.07) is 0. The largest absolute Gasteiger partial charge is 0.317 e. The monoisotopic (exact) mass is 198 g/mol. The lowest BCUT2D eigenvalue weighted by molar-refractivity contribution is 0.350. The van der Waals surface area contributed by atoms with Gasteiger partial charge < -0.3 is 10.6 Å². The summed E-state index contributed by atoms with van der Waals surface area (Å²) >= 11 is 0. The summed E-state index contributed by atoms with van der Waals surface area (Å²) in [5.74, 6) is 1.76. The highest BCUT2D eigenvalue weighted by molar-refractivity contribution is 4.69. The molecule has 1 fully saturated rings. The van der Waals surface area contributed by atoms with Crippen molar-refractivity contribution in [3.63, 3.8) is 0 Å². The molecule has 84 valence electrons. The summed E-state index contributed by atoms with van der Waals surface area (Å²) in [6.45, 7) is 9.44. The Morgan fingerprint density at radius 2 is 2.21 bits per heavy atom. The van der Waals surface area contributed by atoms with Crippen LogP contribution < -0.4 is 10.6 Å². The van der Waals surface area contributed by atoms with Gasteiger partial charge in [0.05, 0.1) is 0 Å². The molecule has 0 amide bonds. The summed E-state index contributed by atoms with van der Waals surface area (Å²) in [5.41, 5.74) is 0. The van der Waals surface area contributed by atoms with E-state index in [2.05, 4.69) is 24.5 Å². The summed E-state index contributed by atoms with van der Waals surface area (Å²) < 4.78 is 0. The number of hydrogen-bond acceptors (Lipinski definition) is 2. The fourth-order valence-corrected chi connectivity index (χ4v) is 1.99. The lowest BCUT2D eigenvalue weighted by Crippen LogP contribution is -2.32. The molecule has 2 nitrogen and oxygen atoms in total. The zero-order chi connectivity index (χ0) is 10.2. The van der Waals surface area contributed by atoms with Crippen molar-refractivity contribution in [1.82, 2.24) is 10.6 Å². The minimum atomic E-state index is 0.832. The van der Waals surface area contributed by atoms with Gasteiger partial charge in [0, 0.05) is 0 Å². The predicted octanol–water partition coefficient (Wildman–Crippen LogP) is 2.01. The lowest BCUT2D eigenvalue weighted by Gasteiger charge is -2.22. The topological polar surface area (TPSA) is 24.1 Å². The maximum absolute atomic E-state index is 3.54. The second-order valence-corrected chi connectivity index (χ2v) is 4.93. The number of rotatable bonds is 6. The SMILES string of the molecule is CC(C)CCNCCC1CCCNC1. The molecule has 1 saturated heterocycles. The molecule has 1 aliphatic heterocycles. The molecule has 0 aromatic rings. The Hall–Kier alpha value is -0.0800. The highest BCUT2D eigenvalue weighted by Gasteiger charge is 2.11. The van der Waals surface area contributed by atoms with Gasteiger partial charge in [-0.3, -0.25) is 0 Å². The van der Waals surface area contributed by atoms with Crippen LogP contribution in [-0.2, 0) is 0 Å². The minimum Gasteiger partial charge on any atom is -0.317 e. The van der Waals surface area contributed by atoms with Crippen molar-refractivity contribution in [2.75, 3.05) is 26.2 Å². The van der Waals surface area contributed by atoms with Crippen LogP contribution in [0.25, 0.3) is 0 Å². The average Bonchev–Trinajstić information content (AvgIpc) is 2.18. The summed E-state index contributed by atoms with van der Waals surface area (Å²) in [4.78, 5) is 0. The van der Waals surface area contributed by atoms with Gasteiger partial charge in [0.25, 0.3) is 0 Å². The first kappa shape index (κ1) is 12.0. The van der Waals surface area contributed by atoms with E-state index in [0.29, 0.717) is 0 Å². The van der Waals surface area contributed by atoms with E-state index in [1.54, 1.807) is 0 Å². The van der Waals surface area contributed by atoms with E-state index in [9.17, 15) is 0 Å². The van der Waals surface area contributed by atoms with Gasteiger partial charge in [-0.2, -0.15) is 0 Å². The quantitative estimate of drug-likeness (QED) is 0.638. The lowest BCUT2D eigenvalue weighted by atomic mass is 9.96. The molecule has 1 unspecified atom stereocenters. The van der Waals surface area contributed by atoms with Crippen LogP contribution in [0, 0.1) is 11.8 Å². The molecular weight excluding hydrogens is 172 g/mol. The molecule has 0 aromatic heterocycles. The van der Waals surface area contributed by atoms with E-state index >= 15 is 0 Å². The van der Waals surface area contributed by atoms with Crippen LogP contribution >= 0.6 is 0 Å². The van der Waals surface area contributed by atoms with E-state index in [1.807, 2.05) is 0 Å². The smallest absolute Gasteiger partial charge is 0.00200 e. The van der Waals surface area contributed by atoms with E-state index in [4.69, 9.17) is 0 Å². The molecule has 1 atom stereocenters. The number of piperidine rings is 1. The average molecular weight is 198 g/mol. The Balaban J connectivity index is 1.87. The first-order valence-electron chi connectivity index (χ1n) is 6.20. The van der Waals surface area contributed by atoms with Gasteiger partial charge >= 0.3 is 0 Å². The van der Waals surface area contributed by atoms with Crippen molar-refractivity contribution >= 4 is 0 Å². The Kier molecular flexibility index (Phi) is 6.20.